The number of hydrogen-bond donors (Lipinski definition) is 1. The molecule has 0 saturated heterocycles. The van der Waals surface area contributed by atoms with Gasteiger partial charge in [0.25, 0.3) is 5.56 Å². The number of nitrogens with zero attached hydrogens (tertiary/aromatic N) is 2. The second-order valence-electron chi connectivity index (χ2n) is 8.76. The zero-order valence-electron chi connectivity index (χ0n) is 21.5. The molecule has 4 aromatic rings. The van der Waals surface area contributed by atoms with Crippen LogP contribution in [0, 0.1) is 0 Å². The normalized spacial score (nSPS) is 12.7. The van der Waals surface area contributed by atoms with E-state index in [9.17, 15) is 9.59 Å². The predicted molar refractivity (Wildman–Crippen MR) is 152 cm³/mol. The lowest BCUT2D eigenvalue weighted by molar-refractivity contribution is -0.113. The molecule has 0 spiro atoms. The number of thioether (sulfide) groups is 1. The number of aromatic nitrogens is 2. The third-order valence-electron chi connectivity index (χ3n) is 6.38. The molecule has 2 heterocycles. The zero-order valence-corrected chi connectivity index (χ0v) is 23.2. The Morgan fingerprint density at radius 1 is 1.08 bits per heavy atom. The summed E-state index contributed by atoms with van der Waals surface area (Å²) in [5.41, 5.74) is 2.26. The number of carbonyl (C=O) groups is 1. The minimum absolute atomic E-state index is 0.0647. The number of methoxy groups -OCH3 is 2. The molecule has 5 rings (SSSR count). The van der Waals surface area contributed by atoms with Gasteiger partial charge in [0.1, 0.15) is 22.1 Å². The van der Waals surface area contributed by atoms with E-state index >= 15 is 0 Å². The summed E-state index contributed by atoms with van der Waals surface area (Å²) in [6.07, 6.45) is 4.08. The number of hydrogen-bond acceptors (Lipinski definition) is 8. The lowest BCUT2D eigenvalue weighted by Gasteiger charge is -2.15. The summed E-state index contributed by atoms with van der Waals surface area (Å²) in [7, 11) is 3.11. The molecule has 1 aliphatic carbocycles. The Labute approximate surface area is 228 Å². The van der Waals surface area contributed by atoms with Crippen LogP contribution in [0.1, 0.15) is 30.2 Å². The molecule has 1 aliphatic rings. The first-order valence-electron chi connectivity index (χ1n) is 12.5. The molecule has 0 fully saturated rings. The van der Waals surface area contributed by atoms with Crippen molar-refractivity contribution in [2.24, 2.45) is 0 Å². The maximum Gasteiger partial charge on any atom is 0.267 e. The number of rotatable bonds is 9. The molecular formula is C28H29N3O5S2. The van der Waals surface area contributed by atoms with Crippen molar-refractivity contribution in [3.8, 4) is 22.9 Å². The topological polar surface area (TPSA) is 91.7 Å². The molecule has 38 heavy (non-hydrogen) atoms. The fourth-order valence-electron chi connectivity index (χ4n) is 4.59. The molecular weight excluding hydrogens is 522 g/mol. The molecule has 2 aromatic carbocycles. The number of carbonyl (C=O) groups excluding carboxylic acids is 1. The standard InChI is InChI=1S/C28H29N3O5S2/c1-4-36-18-11-9-17(10-12-18)31-27(33)25-20-7-5-6-8-23(20)38-26(25)30-28(31)37-16-24(32)29-21-14-13-19(34-2)15-22(21)35-3/h9-15H,4-8,16H2,1-3H3,(H,29,32). The molecule has 0 unspecified atom stereocenters. The van der Waals surface area contributed by atoms with Crippen LogP contribution >= 0.6 is 23.1 Å². The van der Waals surface area contributed by atoms with Crippen LogP contribution in [0.4, 0.5) is 5.69 Å². The number of amides is 1. The molecule has 0 atom stereocenters. The van der Waals surface area contributed by atoms with E-state index in [0.29, 0.717) is 40.0 Å². The quantitative estimate of drug-likeness (QED) is 0.218. The molecule has 1 amide bonds. The van der Waals surface area contributed by atoms with Gasteiger partial charge in [0.05, 0.1) is 43.3 Å². The van der Waals surface area contributed by atoms with Gasteiger partial charge in [-0.3, -0.25) is 14.2 Å². The number of anilines is 1. The van der Waals surface area contributed by atoms with Gasteiger partial charge in [0.15, 0.2) is 5.16 Å². The third kappa shape index (κ3) is 5.23. The van der Waals surface area contributed by atoms with Crippen molar-refractivity contribution in [2.75, 3.05) is 31.9 Å². The molecule has 8 nitrogen and oxygen atoms in total. The van der Waals surface area contributed by atoms with Crippen molar-refractivity contribution in [2.45, 2.75) is 37.8 Å². The van der Waals surface area contributed by atoms with Crippen LogP contribution in [0.2, 0.25) is 0 Å². The molecule has 10 heteroatoms. The van der Waals surface area contributed by atoms with E-state index in [1.165, 1.54) is 23.7 Å². The number of aryl methyl sites for hydroxylation is 2. The first-order chi connectivity index (χ1) is 18.5. The van der Waals surface area contributed by atoms with E-state index in [4.69, 9.17) is 19.2 Å². The molecule has 0 bridgehead atoms. The molecule has 2 aromatic heterocycles. The maximum absolute atomic E-state index is 13.9. The van der Waals surface area contributed by atoms with Gasteiger partial charge in [0, 0.05) is 10.9 Å². The largest absolute Gasteiger partial charge is 0.497 e. The van der Waals surface area contributed by atoms with Crippen molar-refractivity contribution < 1.29 is 19.0 Å². The lowest BCUT2D eigenvalue weighted by atomic mass is 9.97. The van der Waals surface area contributed by atoms with Crippen LogP contribution in [0.3, 0.4) is 0 Å². The summed E-state index contributed by atoms with van der Waals surface area (Å²) in [6.45, 7) is 2.49. The smallest absolute Gasteiger partial charge is 0.267 e. The predicted octanol–water partition coefficient (Wildman–Crippen LogP) is 5.47. The van der Waals surface area contributed by atoms with E-state index in [1.807, 2.05) is 31.2 Å². The Morgan fingerprint density at radius 3 is 2.58 bits per heavy atom. The van der Waals surface area contributed by atoms with Crippen LogP contribution in [-0.2, 0) is 17.6 Å². The van der Waals surface area contributed by atoms with Crippen LogP contribution in [0.15, 0.2) is 52.4 Å². The van der Waals surface area contributed by atoms with Crippen molar-refractivity contribution in [3.63, 3.8) is 0 Å². The summed E-state index contributed by atoms with van der Waals surface area (Å²) in [5.74, 6) is 1.68. The minimum Gasteiger partial charge on any atom is -0.497 e. The highest BCUT2D eigenvalue weighted by atomic mass is 32.2. The summed E-state index contributed by atoms with van der Waals surface area (Å²) >= 11 is 2.83. The Kier molecular flexibility index (Phi) is 7.90. The lowest BCUT2D eigenvalue weighted by Crippen LogP contribution is -2.23. The van der Waals surface area contributed by atoms with Crippen LogP contribution in [-0.4, -0.2) is 42.0 Å². The van der Waals surface area contributed by atoms with E-state index in [-0.39, 0.29) is 17.2 Å². The van der Waals surface area contributed by atoms with E-state index < -0.39 is 0 Å². The van der Waals surface area contributed by atoms with Gasteiger partial charge in [-0.05, 0) is 74.6 Å². The summed E-state index contributed by atoms with van der Waals surface area (Å²) in [6, 6.07) is 12.6. The van der Waals surface area contributed by atoms with Crippen LogP contribution in [0.25, 0.3) is 15.9 Å². The van der Waals surface area contributed by atoms with Crippen molar-refractivity contribution in [3.05, 3.63) is 63.3 Å². The average Bonchev–Trinajstić information content (AvgIpc) is 3.31. The van der Waals surface area contributed by atoms with Gasteiger partial charge >= 0.3 is 0 Å². The SMILES string of the molecule is CCOc1ccc(-n2c(SCC(=O)Nc3ccc(OC)cc3OC)nc3sc4c(c3c2=O)CCCC4)cc1. The molecule has 198 valence electrons. The van der Waals surface area contributed by atoms with E-state index in [1.54, 1.807) is 41.2 Å². The Bertz CT molecular complexity index is 1530. The van der Waals surface area contributed by atoms with Crippen molar-refractivity contribution in [1.82, 2.24) is 9.55 Å². The Hall–Kier alpha value is -3.50. The highest BCUT2D eigenvalue weighted by Gasteiger charge is 2.23. The third-order valence-corrected chi connectivity index (χ3v) is 8.50. The maximum atomic E-state index is 13.9. The Morgan fingerprint density at radius 2 is 1.84 bits per heavy atom. The monoisotopic (exact) mass is 551 g/mol. The first kappa shape index (κ1) is 26.1. The fourth-order valence-corrected chi connectivity index (χ4v) is 6.70. The zero-order chi connectivity index (χ0) is 26.6. The molecule has 1 N–H and O–H groups in total. The van der Waals surface area contributed by atoms with Crippen molar-refractivity contribution in [1.29, 1.82) is 0 Å². The van der Waals surface area contributed by atoms with Gasteiger partial charge in [-0.2, -0.15) is 0 Å². The molecule has 0 radical (unpaired) electrons. The number of nitrogens with one attached hydrogen (secondary N) is 1. The second kappa shape index (κ2) is 11.5. The van der Waals surface area contributed by atoms with Crippen LogP contribution < -0.4 is 25.1 Å². The number of fused-ring (bicyclic) bond motifs is 3. The second-order valence-corrected chi connectivity index (χ2v) is 10.8. The Balaban J connectivity index is 1.48. The van der Waals surface area contributed by atoms with Gasteiger partial charge in [0.2, 0.25) is 5.91 Å². The summed E-state index contributed by atoms with van der Waals surface area (Å²) < 4.78 is 17.8. The van der Waals surface area contributed by atoms with Gasteiger partial charge in [-0.25, -0.2) is 4.98 Å². The van der Waals surface area contributed by atoms with Crippen LogP contribution in [0.5, 0.6) is 17.2 Å². The molecule has 0 aliphatic heterocycles. The highest BCUT2D eigenvalue weighted by molar-refractivity contribution is 7.99. The number of thiophene rings is 1. The summed E-state index contributed by atoms with van der Waals surface area (Å²) in [5, 5.41) is 4.06. The molecule has 0 saturated carbocycles. The van der Waals surface area contributed by atoms with Crippen molar-refractivity contribution >= 4 is 44.9 Å². The van der Waals surface area contributed by atoms with Gasteiger partial charge in [-0.1, -0.05) is 11.8 Å². The van der Waals surface area contributed by atoms with E-state index in [0.717, 1.165) is 41.8 Å². The van der Waals surface area contributed by atoms with E-state index in [2.05, 4.69) is 5.32 Å². The highest BCUT2D eigenvalue weighted by Crippen LogP contribution is 2.35. The van der Waals surface area contributed by atoms with Gasteiger partial charge in [-0.15, -0.1) is 11.3 Å². The first-order valence-corrected chi connectivity index (χ1v) is 14.3. The summed E-state index contributed by atoms with van der Waals surface area (Å²) in [4.78, 5) is 33.8. The fraction of sp³-hybridized carbons (Fsp3) is 0.321. The number of ether oxygens (including phenoxy) is 3. The van der Waals surface area contributed by atoms with Gasteiger partial charge < -0.3 is 19.5 Å². The average molecular weight is 552 g/mol. The number of benzene rings is 2. The minimum atomic E-state index is -0.239.